The van der Waals surface area contributed by atoms with Crippen molar-refractivity contribution in [3.63, 3.8) is 0 Å². The highest BCUT2D eigenvalue weighted by Crippen LogP contribution is 2.39. The lowest BCUT2D eigenvalue weighted by Crippen LogP contribution is -2.28. The third-order valence-corrected chi connectivity index (χ3v) is 5.74. The van der Waals surface area contributed by atoms with Crippen LogP contribution in [0.4, 0.5) is 0 Å². The van der Waals surface area contributed by atoms with Gasteiger partial charge >= 0.3 is 0 Å². The van der Waals surface area contributed by atoms with Crippen molar-refractivity contribution in [1.82, 2.24) is 9.55 Å². The summed E-state index contributed by atoms with van der Waals surface area (Å²) in [5.74, 6) is 3.80. The van der Waals surface area contributed by atoms with Gasteiger partial charge in [-0.15, -0.1) is 0 Å². The van der Waals surface area contributed by atoms with Gasteiger partial charge in [-0.25, -0.2) is 4.98 Å². The predicted octanol–water partition coefficient (Wildman–Crippen LogP) is 4.19. The Balaban J connectivity index is 1.89. The summed E-state index contributed by atoms with van der Waals surface area (Å²) in [4.78, 5) is 5.14. The fourth-order valence-electron chi connectivity index (χ4n) is 3.12. The molecule has 2 rings (SSSR count). The summed E-state index contributed by atoms with van der Waals surface area (Å²) in [7, 11) is 2.09. The zero-order chi connectivity index (χ0) is 13.1. The maximum absolute atomic E-state index is 4.43. The summed E-state index contributed by atoms with van der Waals surface area (Å²) in [6.07, 6.45) is 10.4. The summed E-state index contributed by atoms with van der Waals surface area (Å²) in [6, 6.07) is 0. The van der Waals surface area contributed by atoms with E-state index in [9.17, 15) is 0 Å². The van der Waals surface area contributed by atoms with Crippen LogP contribution in [0.1, 0.15) is 45.4 Å². The van der Waals surface area contributed by atoms with Crippen LogP contribution in [-0.2, 0) is 13.5 Å². The highest BCUT2D eigenvalue weighted by Gasteiger charge is 2.30. The number of aromatic nitrogens is 2. The topological polar surface area (TPSA) is 17.8 Å². The number of aryl methyl sites for hydroxylation is 2. The van der Waals surface area contributed by atoms with Crippen LogP contribution >= 0.6 is 15.9 Å². The van der Waals surface area contributed by atoms with E-state index in [2.05, 4.69) is 46.4 Å². The minimum atomic E-state index is 0.716. The van der Waals surface area contributed by atoms with Crippen molar-refractivity contribution >= 4 is 15.9 Å². The first-order valence-corrected chi connectivity index (χ1v) is 8.09. The molecule has 1 saturated carbocycles. The second kappa shape index (κ2) is 6.23. The van der Waals surface area contributed by atoms with Gasteiger partial charge in [0.1, 0.15) is 5.82 Å². The van der Waals surface area contributed by atoms with Gasteiger partial charge in [-0.1, -0.05) is 29.8 Å². The number of hydrogen-bond acceptors (Lipinski definition) is 1. The predicted molar refractivity (Wildman–Crippen MR) is 79.9 cm³/mol. The lowest BCUT2D eigenvalue weighted by molar-refractivity contribution is 0.215. The van der Waals surface area contributed by atoms with E-state index in [1.54, 1.807) is 0 Å². The van der Waals surface area contributed by atoms with Crippen molar-refractivity contribution in [1.29, 1.82) is 0 Å². The summed E-state index contributed by atoms with van der Waals surface area (Å²) in [5.41, 5.74) is 0. The van der Waals surface area contributed by atoms with E-state index >= 15 is 0 Å². The number of rotatable bonds is 4. The third-order valence-electron chi connectivity index (χ3n) is 4.53. The average Bonchev–Trinajstić information content (AvgIpc) is 2.73. The van der Waals surface area contributed by atoms with Crippen molar-refractivity contribution in [3.05, 3.63) is 18.2 Å². The lowest BCUT2D eigenvalue weighted by atomic mass is 9.74. The van der Waals surface area contributed by atoms with E-state index in [-0.39, 0.29) is 0 Å². The Morgan fingerprint density at radius 3 is 2.83 bits per heavy atom. The molecule has 0 amide bonds. The quantitative estimate of drug-likeness (QED) is 0.762. The lowest BCUT2D eigenvalue weighted by Gasteiger charge is -2.35. The molecule has 1 fully saturated rings. The Morgan fingerprint density at radius 2 is 2.22 bits per heavy atom. The van der Waals surface area contributed by atoms with E-state index in [4.69, 9.17) is 0 Å². The van der Waals surface area contributed by atoms with Crippen LogP contribution in [-0.4, -0.2) is 14.4 Å². The normalized spacial score (nSPS) is 28.8. The monoisotopic (exact) mass is 312 g/mol. The Bertz CT molecular complexity index is 372. The van der Waals surface area contributed by atoms with Gasteiger partial charge in [0.05, 0.1) is 0 Å². The standard InChI is InChI=1S/C15H25BrN2/c1-11(2)12-4-6-14(16)13(10-12)5-7-15-17-8-9-18(15)3/h8-9,11-14H,4-7,10H2,1-3H3. The number of nitrogens with zero attached hydrogens (tertiary/aromatic N) is 2. The molecule has 0 saturated heterocycles. The fourth-order valence-corrected chi connectivity index (χ4v) is 3.86. The summed E-state index contributed by atoms with van der Waals surface area (Å²) < 4.78 is 2.14. The molecular weight excluding hydrogens is 288 g/mol. The summed E-state index contributed by atoms with van der Waals surface area (Å²) >= 11 is 3.89. The van der Waals surface area contributed by atoms with Gasteiger partial charge in [0.25, 0.3) is 0 Å². The SMILES string of the molecule is CC(C)C1CCC(Br)C(CCc2nccn2C)C1. The molecule has 0 aromatic carbocycles. The van der Waals surface area contributed by atoms with E-state index in [1.165, 1.54) is 31.5 Å². The number of imidazole rings is 1. The van der Waals surface area contributed by atoms with Crippen molar-refractivity contribution in [2.75, 3.05) is 0 Å². The molecular formula is C15H25BrN2. The minimum Gasteiger partial charge on any atom is -0.338 e. The van der Waals surface area contributed by atoms with Crippen molar-refractivity contribution in [2.24, 2.45) is 24.8 Å². The molecule has 3 unspecified atom stereocenters. The molecule has 3 heteroatoms. The molecule has 3 atom stereocenters. The first kappa shape index (κ1) is 14.1. The van der Waals surface area contributed by atoms with Crippen LogP contribution in [0.5, 0.6) is 0 Å². The van der Waals surface area contributed by atoms with Gasteiger partial charge < -0.3 is 4.57 Å². The van der Waals surface area contributed by atoms with Gasteiger partial charge in [0.2, 0.25) is 0 Å². The molecule has 1 aromatic heterocycles. The maximum Gasteiger partial charge on any atom is 0.108 e. The van der Waals surface area contributed by atoms with Crippen molar-refractivity contribution < 1.29 is 0 Å². The van der Waals surface area contributed by atoms with E-state index in [0.717, 1.165) is 24.2 Å². The van der Waals surface area contributed by atoms with Crippen LogP contribution in [0.25, 0.3) is 0 Å². The van der Waals surface area contributed by atoms with Crippen LogP contribution in [0.2, 0.25) is 0 Å². The molecule has 1 aromatic rings. The van der Waals surface area contributed by atoms with Gasteiger partial charge in [0, 0.05) is 30.7 Å². The molecule has 1 heterocycles. The van der Waals surface area contributed by atoms with E-state index in [1.807, 2.05) is 12.4 Å². The molecule has 0 N–H and O–H groups in total. The van der Waals surface area contributed by atoms with Crippen molar-refractivity contribution in [3.8, 4) is 0 Å². The highest BCUT2D eigenvalue weighted by atomic mass is 79.9. The highest BCUT2D eigenvalue weighted by molar-refractivity contribution is 9.09. The Labute approximate surface area is 119 Å². The smallest absolute Gasteiger partial charge is 0.108 e. The largest absolute Gasteiger partial charge is 0.338 e. The van der Waals surface area contributed by atoms with E-state index < -0.39 is 0 Å². The number of hydrogen-bond donors (Lipinski definition) is 0. The van der Waals surface area contributed by atoms with Crippen LogP contribution in [0.3, 0.4) is 0 Å². The van der Waals surface area contributed by atoms with E-state index in [0.29, 0.717) is 4.83 Å². The molecule has 102 valence electrons. The van der Waals surface area contributed by atoms with Crippen LogP contribution < -0.4 is 0 Å². The molecule has 1 aliphatic rings. The summed E-state index contributed by atoms with van der Waals surface area (Å²) in [6.45, 7) is 4.74. The Kier molecular flexibility index (Phi) is 4.88. The summed E-state index contributed by atoms with van der Waals surface area (Å²) in [5, 5.41) is 0. The second-order valence-electron chi connectivity index (χ2n) is 6.09. The minimum absolute atomic E-state index is 0.716. The first-order chi connectivity index (χ1) is 8.58. The van der Waals surface area contributed by atoms with Crippen molar-refractivity contribution in [2.45, 2.75) is 50.8 Å². The molecule has 0 spiro atoms. The molecule has 0 radical (unpaired) electrons. The van der Waals surface area contributed by atoms with Gasteiger partial charge in [-0.05, 0) is 43.4 Å². The van der Waals surface area contributed by atoms with Crippen LogP contribution in [0, 0.1) is 17.8 Å². The second-order valence-corrected chi connectivity index (χ2v) is 7.26. The average molecular weight is 313 g/mol. The Hall–Kier alpha value is -0.310. The van der Waals surface area contributed by atoms with Gasteiger partial charge in [0.15, 0.2) is 0 Å². The van der Waals surface area contributed by atoms with Gasteiger partial charge in [-0.2, -0.15) is 0 Å². The molecule has 2 nitrogen and oxygen atoms in total. The third kappa shape index (κ3) is 3.37. The first-order valence-electron chi connectivity index (χ1n) is 7.18. The molecule has 0 bridgehead atoms. The Morgan fingerprint density at radius 1 is 1.44 bits per heavy atom. The number of alkyl halides is 1. The maximum atomic E-state index is 4.43. The molecule has 0 aliphatic heterocycles. The zero-order valence-corrected chi connectivity index (χ0v) is 13.4. The van der Waals surface area contributed by atoms with Crippen LogP contribution in [0.15, 0.2) is 12.4 Å². The van der Waals surface area contributed by atoms with Gasteiger partial charge in [-0.3, -0.25) is 0 Å². The molecule has 1 aliphatic carbocycles. The molecule has 18 heavy (non-hydrogen) atoms. The zero-order valence-electron chi connectivity index (χ0n) is 11.8. The number of halogens is 1. The fraction of sp³-hybridized carbons (Fsp3) is 0.800.